The maximum absolute atomic E-state index is 14.6. The van der Waals surface area contributed by atoms with Crippen molar-refractivity contribution in [3.63, 3.8) is 0 Å². The fourth-order valence-corrected chi connectivity index (χ4v) is 4.37. The molecule has 0 saturated carbocycles. The van der Waals surface area contributed by atoms with Crippen LogP contribution in [0.3, 0.4) is 0 Å². The summed E-state index contributed by atoms with van der Waals surface area (Å²) in [6.45, 7) is 0.920. The Morgan fingerprint density at radius 1 is 1.15 bits per heavy atom. The fraction of sp³-hybridized carbons (Fsp3) is 0.240. The maximum Gasteiger partial charge on any atom is 0.229 e. The van der Waals surface area contributed by atoms with Gasteiger partial charge in [0.05, 0.1) is 11.3 Å². The Hall–Kier alpha value is -3.99. The van der Waals surface area contributed by atoms with Crippen molar-refractivity contribution in [1.82, 2.24) is 9.97 Å². The van der Waals surface area contributed by atoms with Crippen molar-refractivity contribution in [3.05, 3.63) is 82.6 Å². The van der Waals surface area contributed by atoms with Gasteiger partial charge >= 0.3 is 0 Å². The van der Waals surface area contributed by atoms with Crippen LogP contribution in [0.25, 0.3) is 0 Å². The lowest BCUT2D eigenvalue weighted by Gasteiger charge is -2.21. The average molecular weight is 445 g/mol. The number of aromatic nitrogens is 2. The van der Waals surface area contributed by atoms with E-state index >= 15 is 0 Å². The maximum atomic E-state index is 14.6. The minimum absolute atomic E-state index is 0.289. The Morgan fingerprint density at radius 2 is 2.03 bits per heavy atom. The van der Waals surface area contributed by atoms with Crippen LogP contribution >= 0.6 is 0 Å². The Kier molecular flexibility index (Phi) is 5.38. The first-order valence-corrected chi connectivity index (χ1v) is 10.7. The molecule has 0 spiro atoms. The summed E-state index contributed by atoms with van der Waals surface area (Å²) in [7, 11) is 1.94. The van der Waals surface area contributed by atoms with Crippen molar-refractivity contribution in [1.29, 1.82) is 5.26 Å². The van der Waals surface area contributed by atoms with E-state index in [1.165, 1.54) is 12.1 Å². The average Bonchev–Trinajstić information content (AvgIpc) is 3.21. The molecule has 0 saturated heterocycles. The van der Waals surface area contributed by atoms with Crippen molar-refractivity contribution in [2.45, 2.75) is 18.8 Å². The van der Waals surface area contributed by atoms with E-state index in [-0.39, 0.29) is 5.92 Å². The molecule has 6 nitrogen and oxygen atoms in total. The van der Waals surface area contributed by atoms with Gasteiger partial charge in [-0.3, -0.25) is 0 Å². The minimum Gasteiger partial charge on any atom is -0.488 e. The van der Waals surface area contributed by atoms with E-state index in [0.717, 1.165) is 23.1 Å². The van der Waals surface area contributed by atoms with Gasteiger partial charge in [-0.2, -0.15) is 10.2 Å². The number of hydrogen-bond acceptors (Lipinski definition) is 6. The Morgan fingerprint density at radius 3 is 2.85 bits per heavy atom. The molecule has 1 aliphatic heterocycles. The normalized spacial score (nSPS) is 18.0. The summed E-state index contributed by atoms with van der Waals surface area (Å²) in [5.74, 6) is 0.138. The van der Waals surface area contributed by atoms with Gasteiger partial charge in [0.1, 0.15) is 35.9 Å². The topological polar surface area (TPSA) is 74.1 Å². The first-order valence-electron chi connectivity index (χ1n) is 10.7. The molecular weight excluding hydrogens is 424 g/mol. The number of hydrogen-bond donors (Lipinski definition) is 1. The molecule has 0 radical (unpaired) electrons. The SMILES string of the molecule is CN1C/C=C\COc2cc(ccc2C#N)Nc2nc3c(c1n2)CCC3c1ccc(F)cc1F. The van der Waals surface area contributed by atoms with E-state index in [1.54, 1.807) is 18.2 Å². The highest BCUT2D eigenvalue weighted by Gasteiger charge is 2.32. The first kappa shape index (κ1) is 20.9. The number of fused-ring (bicyclic) bond motifs is 6. The molecule has 1 unspecified atom stereocenters. The molecule has 2 heterocycles. The van der Waals surface area contributed by atoms with Crippen molar-refractivity contribution in [3.8, 4) is 11.8 Å². The molecule has 1 aliphatic carbocycles. The standard InChI is InChI=1S/C25H21F2N5O/c1-32-10-2-3-11-33-22-13-17(6-4-15(22)14-28)29-25-30-23-19(8-9-20(23)24(32)31-25)18-7-5-16(26)12-21(18)27/h2-7,12-13,19H,8-11H2,1H3,(H,29,30,31)/b3-2-. The number of rotatable bonds is 1. The van der Waals surface area contributed by atoms with Crippen LogP contribution < -0.4 is 15.0 Å². The van der Waals surface area contributed by atoms with E-state index in [0.29, 0.717) is 54.5 Å². The second-order valence-electron chi connectivity index (χ2n) is 8.10. The third-order valence-electron chi connectivity index (χ3n) is 5.97. The Balaban J connectivity index is 1.62. The predicted octanol–water partition coefficient (Wildman–Crippen LogP) is 4.83. The highest BCUT2D eigenvalue weighted by molar-refractivity contribution is 5.63. The molecule has 1 atom stereocenters. The van der Waals surface area contributed by atoms with Crippen LogP contribution in [0, 0.1) is 23.0 Å². The van der Waals surface area contributed by atoms with E-state index < -0.39 is 11.6 Å². The molecule has 2 aliphatic rings. The van der Waals surface area contributed by atoms with Crippen LogP contribution in [0.2, 0.25) is 0 Å². The highest BCUT2D eigenvalue weighted by atomic mass is 19.1. The number of nitrogens with one attached hydrogen (secondary N) is 1. The lowest BCUT2D eigenvalue weighted by molar-refractivity contribution is 0.362. The van der Waals surface area contributed by atoms with Gasteiger partial charge < -0.3 is 15.0 Å². The van der Waals surface area contributed by atoms with Crippen molar-refractivity contribution in [2.75, 3.05) is 30.4 Å². The number of benzene rings is 2. The summed E-state index contributed by atoms with van der Waals surface area (Å²) in [5.41, 5.74) is 3.24. The summed E-state index contributed by atoms with van der Waals surface area (Å²) in [5, 5.41) is 12.6. The van der Waals surface area contributed by atoms with Gasteiger partial charge in [-0.15, -0.1) is 0 Å². The van der Waals surface area contributed by atoms with Crippen LogP contribution in [0.5, 0.6) is 5.75 Å². The van der Waals surface area contributed by atoms with E-state index in [2.05, 4.69) is 11.4 Å². The summed E-state index contributed by atoms with van der Waals surface area (Å²) in [6, 6.07) is 11.0. The number of nitriles is 1. The van der Waals surface area contributed by atoms with Gasteiger partial charge in [0.25, 0.3) is 0 Å². The van der Waals surface area contributed by atoms with E-state index in [9.17, 15) is 14.0 Å². The molecule has 8 heteroatoms. The number of likely N-dealkylation sites (N-methyl/N-ethyl adjacent to an activating group) is 1. The second kappa shape index (κ2) is 8.51. The first-order chi connectivity index (χ1) is 16.0. The summed E-state index contributed by atoms with van der Waals surface area (Å²) >= 11 is 0. The van der Waals surface area contributed by atoms with E-state index in [1.807, 2.05) is 24.1 Å². The van der Waals surface area contributed by atoms with Crippen LogP contribution in [0.1, 0.15) is 34.7 Å². The predicted molar refractivity (Wildman–Crippen MR) is 121 cm³/mol. The lowest BCUT2D eigenvalue weighted by atomic mass is 9.96. The zero-order valence-corrected chi connectivity index (χ0v) is 18.0. The van der Waals surface area contributed by atoms with Gasteiger partial charge in [0.2, 0.25) is 5.95 Å². The van der Waals surface area contributed by atoms with Gasteiger partial charge in [-0.25, -0.2) is 13.8 Å². The largest absolute Gasteiger partial charge is 0.488 e. The van der Waals surface area contributed by atoms with Crippen LogP contribution in [0.4, 0.5) is 26.2 Å². The molecule has 0 amide bonds. The fourth-order valence-electron chi connectivity index (χ4n) is 4.37. The van der Waals surface area contributed by atoms with Crippen LogP contribution in [0.15, 0.2) is 48.6 Å². The number of halogens is 2. The zero-order valence-electron chi connectivity index (χ0n) is 18.0. The molecule has 2 aromatic carbocycles. The monoisotopic (exact) mass is 445 g/mol. The molecule has 166 valence electrons. The molecule has 5 rings (SSSR count). The van der Waals surface area contributed by atoms with Gasteiger partial charge in [0, 0.05) is 42.9 Å². The zero-order chi connectivity index (χ0) is 22.9. The third kappa shape index (κ3) is 3.98. The van der Waals surface area contributed by atoms with Crippen molar-refractivity contribution < 1.29 is 13.5 Å². The number of ether oxygens (including phenoxy) is 1. The lowest BCUT2D eigenvalue weighted by Crippen LogP contribution is -2.21. The Labute approximate surface area is 190 Å². The Bertz CT molecular complexity index is 1300. The smallest absolute Gasteiger partial charge is 0.229 e. The molecule has 33 heavy (non-hydrogen) atoms. The quantitative estimate of drug-likeness (QED) is 0.541. The van der Waals surface area contributed by atoms with E-state index in [4.69, 9.17) is 14.7 Å². The summed E-state index contributed by atoms with van der Waals surface area (Å²) in [6.07, 6.45) is 5.24. The molecule has 1 N–H and O–H groups in total. The summed E-state index contributed by atoms with van der Waals surface area (Å²) in [4.78, 5) is 11.5. The third-order valence-corrected chi connectivity index (χ3v) is 5.97. The molecule has 3 aromatic rings. The molecular formula is C25H21F2N5O. The van der Waals surface area contributed by atoms with Gasteiger partial charge in [-0.1, -0.05) is 12.1 Å². The number of nitrogens with zero attached hydrogens (tertiary/aromatic N) is 4. The van der Waals surface area contributed by atoms with Gasteiger partial charge in [-0.05, 0) is 42.7 Å². The van der Waals surface area contributed by atoms with Gasteiger partial charge in [0.15, 0.2) is 0 Å². The molecule has 1 aromatic heterocycles. The molecule has 4 bridgehead atoms. The van der Waals surface area contributed by atoms with Crippen molar-refractivity contribution >= 4 is 17.5 Å². The number of anilines is 3. The second-order valence-corrected chi connectivity index (χ2v) is 8.10. The summed E-state index contributed by atoms with van der Waals surface area (Å²) < 4.78 is 33.9. The highest BCUT2D eigenvalue weighted by Crippen LogP contribution is 2.42. The molecule has 0 fully saturated rings. The minimum atomic E-state index is -0.601. The van der Waals surface area contributed by atoms with Crippen LogP contribution in [-0.2, 0) is 6.42 Å². The van der Waals surface area contributed by atoms with Crippen molar-refractivity contribution in [2.24, 2.45) is 0 Å². The van der Waals surface area contributed by atoms with Crippen LogP contribution in [-0.4, -0.2) is 30.2 Å².